The highest BCUT2D eigenvalue weighted by atomic mass is 35.5. The van der Waals surface area contributed by atoms with Crippen molar-refractivity contribution in [1.29, 1.82) is 0 Å². The molecule has 0 radical (unpaired) electrons. The number of piperidine rings is 1. The van der Waals surface area contributed by atoms with Gasteiger partial charge in [-0.15, -0.1) is 0 Å². The van der Waals surface area contributed by atoms with E-state index >= 15 is 0 Å². The van der Waals surface area contributed by atoms with E-state index in [0.29, 0.717) is 58.1 Å². The van der Waals surface area contributed by atoms with Crippen LogP contribution in [0.3, 0.4) is 0 Å². The van der Waals surface area contributed by atoms with Gasteiger partial charge in [0, 0.05) is 103 Å². The smallest absolute Gasteiger partial charge is 0.320 e. The van der Waals surface area contributed by atoms with E-state index < -0.39 is 12.0 Å². The van der Waals surface area contributed by atoms with Crippen LogP contribution in [0.4, 0.5) is 0 Å². The number of carboxylic acid groups (broad SMARTS) is 1. The van der Waals surface area contributed by atoms with Crippen LogP contribution in [0.25, 0.3) is 11.1 Å². The first-order valence-electron chi connectivity index (χ1n) is 21.7. The van der Waals surface area contributed by atoms with E-state index in [-0.39, 0.29) is 33.0 Å². The molecule has 1 saturated heterocycles. The Labute approximate surface area is 395 Å². The number of halogens is 2. The van der Waals surface area contributed by atoms with E-state index in [4.69, 9.17) is 42.1 Å². The average Bonchev–Trinajstić information content (AvgIpc) is 3.31. The Morgan fingerprint density at radius 1 is 0.682 bits per heavy atom. The van der Waals surface area contributed by atoms with Crippen molar-refractivity contribution in [2.75, 3.05) is 20.6 Å². The molecule has 0 aliphatic carbocycles. The third-order valence-corrected chi connectivity index (χ3v) is 12.2. The first-order valence-corrected chi connectivity index (χ1v) is 22.4. The third-order valence-electron chi connectivity index (χ3n) is 11.6. The zero-order chi connectivity index (χ0) is 46.6. The molecule has 66 heavy (non-hydrogen) atoms. The molecule has 6 aromatic rings. The number of carbonyl (C=O) groups is 1. The van der Waals surface area contributed by atoms with Crippen LogP contribution < -0.4 is 18.9 Å². The van der Waals surface area contributed by atoms with Crippen molar-refractivity contribution < 1.29 is 34.0 Å². The number of aliphatic hydroxyl groups excluding tert-OH is 1. The van der Waals surface area contributed by atoms with Crippen molar-refractivity contribution in [3.8, 4) is 34.1 Å². The molecule has 342 valence electrons. The van der Waals surface area contributed by atoms with Gasteiger partial charge >= 0.3 is 5.97 Å². The number of carboxylic acids is 1. The summed E-state index contributed by atoms with van der Waals surface area (Å²) in [6, 6.07) is 22.6. The van der Waals surface area contributed by atoms with E-state index in [2.05, 4.69) is 45.9 Å². The molecule has 0 unspecified atom stereocenters. The van der Waals surface area contributed by atoms with Crippen molar-refractivity contribution in [1.82, 2.24) is 14.9 Å². The molecule has 2 N–H and O–H groups in total. The van der Waals surface area contributed by atoms with Crippen LogP contribution in [0.1, 0.15) is 74.9 Å². The number of likely N-dealkylation sites (tertiary alicyclic amines) is 1. The zero-order valence-corrected chi connectivity index (χ0v) is 39.0. The Morgan fingerprint density at radius 2 is 1.18 bits per heavy atom. The van der Waals surface area contributed by atoms with E-state index in [1.807, 2.05) is 47.4 Å². The fraction of sp³-hybridized carbons (Fsp3) is 0.288. The SMILES string of the molecule is C/N=C/c1cncc(COc2cc(OCc3cccc(-c4cccc(COc5cc(OCc6cncc(/C=N/C)c6)c(CN6CCCC[C@H]6C(=O)O)cc5Cl)c4C)c3C)c(Cl)cc2CO)c1. The van der Waals surface area contributed by atoms with Crippen molar-refractivity contribution in [2.45, 2.75) is 78.7 Å². The second-order valence-electron chi connectivity index (χ2n) is 16.1. The summed E-state index contributed by atoms with van der Waals surface area (Å²) >= 11 is 13.6. The fourth-order valence-electron chi connectivity index (χ4n) is 8.08. The first-order chi connectivity index (χ1) is 32.0. The molecular formula is C52H53Cl2N5O7. The minimum atomic E-state index is -0.831. The number of ether oxygens (including phenoxy) is 4. The molecule has 14 heteroatoms. The molecule has 1 aliphatic heterocycles. The first kappa shape index (κ1) is 47.6. The van der Waals surface area contributed by atoms with Gasteiger partial charge in [-0.1, -0.05) is 66.0 Å². The van der Waals surface area contributed by atoms with Gasteiger partial charge in [-0.3, -0.25) is 29.6 Å². The third kappa shape index (κ3) is 11.9. The standard InChI is InChI=1S/C52H53Cl2N5O7/c1-33-39(31-65-50-19-48(63-29-37-15-35(21-55-3)23-57-25-37)41(17-45(50)53)27-59-14-6-5-13-47(59)52(61)62)9-7-11-43(33)44-12-8-10-40(34(44)2)32-66-51-20-49(42(28-60)18-46(51)54)64-30-38-16-36(22-56-4)24-58-26-38/h7-12,15-26,47,60H,5-6,13-14,27-32H2,1-4H3,(H,61,62)/b55-21+,56-22+/t47-/m0/s1. The molecular weight excluding hydrogens is 878 g/mol. The van der Waals surface area contributed by atoms with Gasteiger partial charge in [0.15, 0.2) is 0 Å². The summed E-state index contributed by atoms with van der Waals surface area (Å²) in [5.41, 5.74) is 10.9. The van der Waals surface area contributed by atoms with E-state index in [0.717, 1.165) is 74.0 Å². The summed E-state index contributed by atoms with van der Waals surface area (Å²) < 4.78 is 25.4. The Kier molecular flexibility index (Phi) is 16.4. The molecule has 0 spiro atoms. The number of aliphatic imine (C=N–C) groups is 2. The maximum Gasteiger partial charge on any atom is 0.320 e. The lowest BCUT2D eigenvalue weighted by atomic mass is 9.92. The van der Waals surface area contributed by atoms with Crippen molar-refractivity contribution >= 4 is 41.6 Å². The quantitative estimate of drug-likeness (QED) is 0.0752. The van der Waals surface area contributed by atoms with Crippen LogP contribution in [0.15, 0.2) is 108 Å². The normalized spacial score (nSPS) is 14.2. The lowest BCUT2D eigenvalue weighted by molar-refractivity contribution is -0.144. The van der Waals surface area contributed by atoms with Gasteiger partial charge in [-0.25, -0.2) is 0 Å². The highest BCUT2D eigenvalue weighted by Crippen LogP contribution is 2.38. The Balaban J connectivity index is 1.08. The number of aromatic nitrogens is 2. The summed E-state index contributed by atoms with van der Waals surface area (Å²) in [5.74, 6) is 1.05. The van der Waals surface area contributed by atoms with Crippen molar-refractivity contribution in [3.63, 3.8) is 0 Å². The number of rotatable bonds is 19. The monoisotopic (exact) mass is 929 g/mol. The number of benzene rings is 4. The predicted molar refractivity (Wildman–Crippen MR) is 259 cm³/mol. The van der Waals surface area contributed by atoms with Gasteiger partial charge in [-0.2, -0.15) is 0 Å². The van der Waals surface area contributed by atoms with E-state index in [9.17, 15) is 15.0 Å². The summed E-state index contributed by atoms with van der Waals surface area (Å²) in [6.45, 7) is 5.84. The molecule has 4 aromatic carbocycles. The van der Waals surface area contributed by atoms with Gasteiger partial charge in [0.1, 0.15) is 55.5 Å². The summed E-state index contributed by atoms with van der Waals surface area (Å²) in [4.78, 5) is 30.9. The fourth-order valence-corrected chi connectivity index (χ4v) is 8.56. The minimum Gasteiger partial charge on any atom is -0.488 e. The second kappa shape index (κ2) is 22.7. The number of aliphatic carboxylic acids is 1. The topological polar surface area (TPSA) is 148 Å². The largest absolute Gasteiger partial charge is 0.488 e. The van der Waals surface area contributed by atoms with Crippen molar-refractivity contribution in [2.24, 2.45) is 9.98 Å². The maximum atomic E-state index is 12.2. The second-order valence-corrected chi connectivity index (χ2v) is 16.9. The van der Waals surface area contributed by atoms with Gasteiger partial charge in [0.25, 0.3) is 0 Å². The molecule has 0 amide bonds. The lowest BCUT2D eigenvalue weighted by Crippen LogP contribution is -2.44. The average molecular weight is 931 g/mol. The number of aliphatic hydroxyl groups is 1. The van der Waals surface area contributed by atoms with Crippen LogP contribution >= 0.6 is 23.2 Å². The van der Waals surface area contributed by atoms with E-state index in [1.54, 1.807) is 69.5 Å². The number of hydrogen-bond acceptors (Lipinski definition) is 11. The molecule has 3 heterocycles. The minimum absolute atomic E-state index is 0.224. The molecule has 0 saturated carbocycles. The predicted octanol–water partition coefficient (Wildman–Crippen LogP) is 10.4. The lowest BCUT2D eigenvalue weighted by Gasteiger charge is -2.33. The maximum absolute atomic E-state index is 12.2. The highest BCUT2D eigenvalue weighted by molar-refractivity contribution is 6.32. The van der Waals surface area contributed by atoms with Gasteiger partial charge in [-0.05, 0) is 90.9 Å². The zero-order valence-electron chi connectivity index (χ0n) is 37.5. The Bertz CT molecular complexity index is 2730. The molecule has 0 bridgehead atoms. The summed E-state index contributed by atoms with van der Waals surface area (Å²) in [6.07, 6.45) is 12.8. The van der Waals surface area contributed by atoms with Crippen LogP contribution in [0.2, 0.25) is 10.0 Å². The summed E-state index contributed by atoms with van der Waals surface area (Å²) in [5, 5.41) is 20.8. The number of hydrogen-bond donors (Lipinski definition) is 2. The molecule has 7 rings (SSSR count). The molecule has 1 fully saturated rings. The van der Waals surface area contributed by atoms with Gasteiger partial charge in [0.05, 0.1) is 16.7 Å². The molecule has 2 aromatic heterocycles. The van der Waals surface area contributed by atoms with Gasteiger partial charge < -0.3 is 29.2 Å². The van der Waals surface area contributed by atoms with Gasteiger partial charge in [0.2, 0.25) is 0 Å². The van der Waals surface area contributed by atoms with Crippen LogP contribution in [-0.4, -0.2) is 70.2 Å². The molecule has 1 aliphatic rings. The molecule has 1 atom stereocenters. The molecule has 12 nitrogen and oxygen atoms in total. The van der Waals surface area contributed by atoms with Crippen LogP contribution in [0, 0.1) is 13.8 Å². The van der Waals surface area contributed by atoms with Crippen LogP contribution in [-0.2, 0) is 44.4 Å². The summed E-state index contributed by atoms with van der Waals surface area (Å²) in [7, 11) is 3.41. The van der Waals surface area contributed by atoms with E-state index in [1.165, 1.54) is 0 Å². The Hall–Kier alpha value is -6.31. The highest BCUT2D eigenvalue weighted by Gasteiger charge is 2.29. The van der Waals surface area contributed by atoms with Crippen molar-refractivity contribution in [3.05, 3.63) is 163 Å². The number of nitrogens with zero attached hydrogens (tertiary/aromatic N) is 5. The van der Waals surface area contributed by atoms with Crippen LogP contribution in [0.5, 0.6) is 23.0 Å². The Morgan fingerprint density at radius 3 is 1.68 bits per heavy atom. The number of pyridine rings is 2.